The number of nitrogens with zero attached hydrogens (tertiary/aromatic N) is 1. The largest absolute Gasteiger partial charge is 0.494 e. The number of ether oxygens (including phenoxy) is 3. The van der Waals surface area contributed by atoms with Gasteiger partial charge >= 0.3 is 17.6 Å². The second-order valence-corrected chi connectivity index (χ2v) is 31.3. The van der Waals surface area contributed by atoms with Crippen LogP contribution >= 0.6 is 0 Å². The Kier molecular flexibility index (Phi) is 25.0. The minimum Gasteiger partial charge on any atom is -0.494 e. The predicted octanol–water partition coefficient (Wildman–Crippen LogP) is 18.7. The van der Waals surface area contributed by atoms with Gasteiger partial charge in [0.05, 0.1) is 40.8 Å². The third-order valence-corrected chi connectivity index (χ3v) is 21.6. The summed E-state index contributed by atoms with van der Waals surface area (Å²) in [6.45, 7) is 21.1. The summed E-state index contributed by atoms with van der Waals surface area (Å²) in [4.78, 5) is 50.2. The van der Waals surface area contributed by atoms with Crippen LogP contribution in [-0.4, -0.2) is 52.8 Å². The molecule has 0 heterocycles. The maximum absolute atomic E-state index is 14.0. The Morgan fingerprint density at radius 1 is 0.541 bits per heavy atom. The molecule has 0 fully saturated rings. The van der Waals surface area contributed by atoms with E-state index < -0.39 is 28.6 Å². The Bertz CT molecular complexity index is 2380. The molecule has 0 unspecified atom stereocenters. The lowest BCUT2D eigenvalue weighted by Gasteiger charge is -2.38. The molecule has 5 rings (SSSR count). The fourth-order valence-electron chi connectivity index (χ4n) is 10.6. The van der Waals surface area contributed by atoms with Crippen molar-refractivity contribution < 1.29 is 42.6 Å². The van der Waals surface area contributed by atoms with Crippen LogP contribution < -0.4 is 14.2 Å². The lowest BCUT2D eigenvalue weighted by molar-refractivity contribution is -0.384. The van der Waals surface area contributed by atoms with Gasteiger partial charge in [0.25, 0.3) is 0 Å². The van der Waals surface area contributed by atoms with Gasteiger partial charge in [0.15, 0.2) is 22.4 Å². The number of unbranched alkanes of at least 4 members (excludes halogenated alkanes) is 18. The molecule has 0 spiro atoms. The zero-order valence-electron chi connectivity index (χ0n) is 46.8. The van der Waals surface area contributed by atoms with Crippen molar-refractivity contribution in [2.75, 3.05) is 13.2 Å². The molecule has 0 bridgehead atoms. The molecule has 11 nitrogen and oxygen atoms in total. The summed E-state index contributed by atoms with van der Waals surface area (Å²) in [6.07, 6.45) is 28.0. The zero-order chi connectivity index (χ0) is 53.5. The molecule has 1 aliphatic rings. The average molecular weight is 1050 g/mol. The number of hydrogen-bond donors (Lipinski definition) is 0. The highest BCUT2D eigenvalue weighted by atomic mass is 28.4. The first-order chi connectivity index (χ1) is 35.6. The minimum atomic E-state index is -2.00. The fourth-order valence-corrected chi connectivity index (χ4v) is 19.5. The molecule has 0 aliphatic heterocycles. The van der Waals surface area contributed by atoms with Gasteiger partial charge < -0.3 is 18.3 Å². The highest BCUT2D eigenvalue weighted by Crippen LogP contribution is 2.57. The molecule has 4 aromatic rings. The first-order valence-corrected chi connectivity index (χ1v) is 35.1. The van der Waals surface area contributed by atoms with Gasteiger partial charge in [-0.3, -0.25) is 10.1 Å². The molecular weight excluding hydrogens is 963 g/mol. The highest BCUT2D eigenvalue weighted by Gasteiger charge is 2.38. The van der Waals surface area contributed by atoms with E-state index in [9.17, 15) is 19.7 Å². The van der Waals surface area contributed by atoms with E-state index in [1.165, 1.54) is 96.3 Å². The molecule has 408 valence electrons. The van der Waals surface area contributed by atoms with Crippen LogP contribution in [0.5, 0.6) is 17.2 Å². The van der Waals surface area contributed by atoms with Gasteiger partial charge in [0.2, 0.25) is 0 Å². The summed E-state index contributed by atoms with van der Waals surface area (Å²) in [7, 11) is -3.74. The van der Waals surface area contributed by atoms with E-state index in [2.05, 4.69) is 53.5 Å². The maximum atomic E-state index is 14.0. The second-order valence-electron chi connectivity index (χ2n) is 22.3. The number of carbonyl (C=O) groups is 2. The van der Waals surface area contributed by atoms with Crippen LogP contribution in [0.1, 0.15) is 203 Å². The molecule has 0 amide bonds. The van der Waals surface area contributed by atoms with Crippen molar-refractivity contribution in [3.63, 3.8) is 0 Å². The van der Waals surface area contributed by atoms with Gasteiger partial charge in [-0.15, -0.1) is 0 Å². The van der Waals surface area contributed by atoms with Crippen molar-refractivity contribution in [3.8, 4) is 39.5 Å². The number of nitro groups is 1. The van der Waals surface area contributed by atoms with Gasteiger partial charge in [-0.2, -0.15) is 0 Å². The molecule has 0 N–H and O–H groups in total. The predicted molar refractivity (Wildman–Crippen MR) is 307 cm³/mol. The first kappa shape index (κ1) is 60.1. The fraction of sp³-hybridized carbons (Fsp3) is 0.607. The van der Waals surface area contributed by atoms with Crippen molar-refractivity contribution >= 4 is 45.0 Å². The van der Waals surface area contributed by atoms with Gasteiger partial charge in [-0.05, 0) is 142 Å². The molecule has 0 saturated heterocycles. The van der Waals surface area contributed by atoms with E-state index in [1.54, 1.807) is 48.5 Å². The summed E-state index contributed by atoms with van der Waals surface area (Å²) >= 11 is 0. The van der Waals surface area contributed by atoms with Crippen LogP contribution in [-0.2, 0) is 13.9 Å². The Morgan fingerprint density at radius 3 is 1.62 bits per heavy atom. The summed E-state index contributed by atoms with van der Waals surface area (Å²) in [5, 5.41) is 14.0. The van der Waals surface area contributed by atoms with Gasteiger partial charge in [-0.1, -0.05) is 155 Å². The molecule has 0 radical (unpaired) electrons. The van der Waals surface area contributed by atoms with E-state index in [1.807, 2.05) is 19.1 Å². The Hall–Kier alpha value is -4.73. The van der Waals surface area contributed by atoms with Crippen molar-refractivity contribution in [2.24, 2.45) is 0 Å². The van der Waals surface area contributed by atoms with Crippen LogP contribution in [0.2, 0.25) is 38.3 Å². The summed E-state index contributed by atoms with van der Waals surface area (Å²) in [5.74, 6) is -0.248. The van der Waals surface area contributed by atoms with E-state index in [0.29, 0.717) is 57.7 Å². The molecule has 4 aromatic carbocycles. The summed E-state index contributed by atoms with van der Waals surface area (Å²) < 4.78 is 25.6. The number of rotatable bonds is 37. The van der Waals surface area contributed by atoms with Crippen LogP contribution in [0.3, 0.4) is 0 Å². The third-order valence-electron chi connectivity index (χ3n) is 14.5. The average Bonchev–Trinajstić information content (AvgIpc) is 3.35. The van der Waals surface area contributed by atoms with Crippen LogP contribution in [0.15, 0.2) is 60.7 Å². The lowest BCUT2D eigenvalue weighted by atomic mass is 9.74. The van der Waals surface area contributed by atoms with Gasteiger partial charge in [-0.25, -0.2) is 19.4 Å². The quantitative estimate of drug-likeness (QED) is 0.0124. The van der Waals surface area contributed by atoms with E-state index in [-0.39, 0.29) is 33.6 Å². The van der Waals surface area contributed by atoms with Crippen molar-refractivity contribution in [2.45, 2.75) is 226 Å². The number of hydrogen-bond acceptors (Lipinski definition) is 10. The number of benzene rings is 4. The molecule has 1 aliphatic carbocycles. The zero-order valence-corrected chi connectivity index (χ0v) is 48.8. The van der Waals surface area contributed by atoms with Gasteiger partial charge in [0.1, 0.15) is 11.5 Å². The normalized spacial score (nSPS) is 12.9. The Labute approximate surface area is 446 Å². The topological polar surface area (TPSA) is 133 Å². The van der Waals surface area contributed by atoms with Crippen LogP contribution in [0.4, 0.5) is 5.69 Å². The smallest absolute Gasteiger partial charge is 0.386 e. The monoisotopic (exact) mass is 1050 g/mol. The van der Waals surface area contributed by atoms with Crippen molar-refractivity contribution in [1.82, 2.24) is 0 Å². The SMILES string of the molecule is CCCCCCCCCCCCOc1ccc(C(=O)OOC(=O)c2ccc(OCCCCCCCCCCCC)c3c2-c2c-3ccc3c([N+](=O)[O-])c(O[C@H](C)CC[C@@H](CCC)[Si](C)(C)O[Si](C)(C)C)ccc23)cc1. The number of fused-ring (bicyclic) bond motifs is 6. The van der Waals surface area contributed by atoms with Crippen LogP contribution in [0.25, 0.3) is 33.0 Å². The summed E-state index contributed by atoms with van der Waals surface area (Å²) in [6, 6.07) is 17.1. The molecule has 2 atom stereocenters. The first-order valence-electron chi connectivity index (χ1n) is 28.7. The lowest BCUT2D eigenvalue weighted by Crippen LogP contribution is -2.46. The van der Waals surface area contributed by atoms with Crippen LogP contribution in [0, 0.1) is 10.1 Å². The second kappa shape index (κ2) is 30.7. The third kappa shape index (κ3) is 18.2. The standard InChI is InChI=1S/C61H91NO10Si2/c1-10-13-15-17-19-21-23-25-27-29-44-67-48-35-33-47(34-36-48)60(63)70-71-61(64)53-41-42-54(68-45-30-28-26-24-22-20-18-16-14-11-2)57-52-39-38-51-50(56(52)58(53)57)40-43-55(59(51)62(65)66)69-46(4)32-37-49(31-12-3)74(8,9)72-73(5,6)7/h33-36,38-43,46,49H,10-32,37,44-45H2,1-9H3/t46-,49-/m1/s1. The van der Waals surface area contributed by atoms with Gasteiger partial charge in [0, 0.05) is 11.1 Å². The maximum Gasteiger partial charge on any atom is 0.386 e. The summed E-state index contributed by atoms with van der Waals surface area (Å²) in [5.41, 5.74) is 3.37. The van der Waals surface area contributed by atoms with E-state index in [4.69, 9.17) is 28.1 Å². The highest BCUT2D eigenvalue weighted by molar-refractivity contribution is 6.85. The van der Waals surface area contributed by atoms with E-state index in [0.717, 1.165) is 63.4 Å². The molecule has 13 heteroatoms. The van der Waals surface area contributed by atoms with Crippen molar-refractivity contribution in [3.05, 3.63) is 81.9 Å². The minimum absolute atomic E-state index is 0.130. The Morgan fingerprint density at radius 2 is 1.07 bits per heavy atom. The number of nitro benzene ring substituents is 1. The molecule has 0 aromatic heterocycles. The Balaban J connectivity index is 1.28. The molecular formula is C61H91NO10Si2. The molecule has 74 heavy (non-hydrogen) atoms. The van der Waals surface area contributed by atoms with E-state index >= 15 is 0 Å². The van der Waals surface area contributed by atoms with Crippen molar-refractivity contribution in [1.29, 1.82) is 0 Å². The molecule has 0 saturated carbocycles. The number of carbonyl (C=O) groups excluding carboxylic acids is 2.